The SMILES string of the molecule is COc1cc(C(=O)O)c(N=C2C(=O)Nc3ccccc32)c(OC)c1OC. The van der Waals surface area contributed by atoms with Crippen molar-refractivity contribution in [3.8, 4) is 17.2 Å². The molecule has 0 aromatic heterocycles. The summed E-state index contributed by atoms with van der Waals surface area (Å²) >= 11 is 0. The molecule has 8 heteroatoms. The Morgan fingerprint density at radius 2 is 1.77 bits per heavy atom. The number of rotatable bonds is 5. The number of ether oxygens (including phenoxy) is 3. The van der Waals surface area contributed by atoms with Crippen molar-refractivity contribution in [2.45, 2.75) is 0 Å². The van der Waals surface area contributed by atoms with Gasteiger partial charge in [0, 0.05) is 11.6 Å². The number of amides is 1. The zero-order valence-electron chi connectivity index (χ0n) is 14.3. The van der Waals surface area contributed by atoms with Gasteiger partial charge in [-0.1, -0.05) is 18.2 Å². The largest absolute Gasteiger partial charge is 0.493 e. The van der Waals surface area contributed by atoms with E-state index in [1.54, 1.807) is 24.3 Å². The molecule has 0 saturated carbocycles. The lowest BCUT2D eigenvalue weighted by molar-refractivity contribution is -0.110. The number of methoxy groups -OCH3 is 3. The summed E-state index contributed by atoms with van der Waals surface area (Å²) in [6.07, 6.45) is 0. The van der Waals surface area contributed by atoms with E-state index in [0.29, 0.717) is 11.3 Å². The Balaban J connectivity index is 2.31. The van der Waals surface area contributed by atoms with E-state index in [1.807, 2.05) is 0 Å². The summed E-state index contributed by atoms with van der Waals surface area (Å²) in [6, 6.07) is 8.28. The lowest BCUT2D eigenvalue weighted by Crippen LogP contribution is -2.14. The third-order valence-electron chi connectivity index (χ3n) is 3.90. The molecule has 0 unspecified atom stereocenters. The van der Waals surface area contributed by atoms with Crippen LogP contribution in [0.1, 0.15) is 15.9 Å². The van der Waals surface area contributed by atoms with Crippen LogP contribution in [0.15, 0.2) is 35.3 Å². The van der Waals surface area contributed by atoms with E-state index in [0.717, 1.165) is 0 Å². The zero-order chi connectivity index (χ0) is 18.8. The van der Waals surface area contributed by atoms with Crippen molar-refractivity contribution in [2.75, 3.05) is 26.6 Å². The summed E-state index contributed by atoms with van der Waals surface area (Å²) in [4.78, 5) is 28.4. The maximum absolute atomic E-state index is 12.3. The second kappa shape index (κ2) is 6.75. The summed E-state index contributed by atoms with van der Waals surface area (Å²) in [5.41, 5.74) is 1.07. The third-order valence-corrected chi connectivity index (χ3v) is 3.90. The van der Waals surface area contributed by atoms with E-state index < -0.39 is 11.9 Å². The number of para-hydroxylation sites is 1. The molecule has 0 radical (unpaired) electrons. The number of hydrogen-bond donors (Lipinski definition) is 2. The number of carboxylic acids is 1. The number of benzene rings is 2. The fourth-order valence-electron chi connectivity index (χ4n) is 2.74. The molecule has 0 bridgehead atoms. The molecule has 0 fully saturated rings. The van der Waals surface area contributed by atoms with E-state index in [1.165, 1.54) is 27.4 Å². The molecule has 134 valence electrons. The van der Waals surface area contributed by atoms with Gasteiger partial charge in [0.25, 0.3) is 5.91 Å². The van der Waals surface area contributed by atoms with Crippen molar-refractivity contribution in [3.63, 3.8) is 0 Å². The van der Waals surface area contributed by atoms with Crippen molar-refractivity contribution in [1.29, 1.82) is 0 Å². The Morgan fingerprint density at radius 3 is 2.38 bits per heavy atom. The van der Waals surface area contributed by atoms with Crippen molar-refractivity contribution in [3.05, 3.63) is 41.5 Å². The number of aliphatic imine (C=N–C) groups is 1. The first-order valence-corrected chi connectivity index (χ1v) is 7.57. The first-order chi connectivity index (χ1) is 12.5. The van der Waals surface area contributed by atoms with Gasteiger partial charge < -0.3 is 24.6 Å². The van der Waals surface area contributed by atoms with Crippen LogP contribution in [-0.2, 0) is 4.79 Å². The standard InChI is InChI=1S/C18H16N2O6/c1-24-12-8-10(18(22)23)13(16(26-3)15(12)25-2)20-14-9-6-4-5-7-11(9)19-17(14)21/h4-8H,1-3H3,(H,22,23)(H,19,20,21). The van der Waals surface area contributed by atoms with Crippen LogP contribution >= 0.6 is 0 Å². The van der Waals surface area contributed by atoms with Gasteiger partial charge in [0.05, 0.1) is 32.6 Å². The van der Waals surface area contributed by atoms with E-state index >= 15 is 0 Å². The van der Waals surface area contributed by atoms with Crippen LogP contribution < -0.4 is 19.5 Å². The fourth-order valence-corrected chi connectivity index (χ4v) is 2.74. The first kappa shape index (κ1) is 17.3. The highest BCUT2D eigenvalue weighted by atomic mass is 16.5. The molecule has 0 atom stereocenters. The van der Waals surface area contributed by atoms with Gasteiger partial charge in [-0.05, 0) is 6.07 Å². The van der Waals surface area contributed by atoms with Crippen LogP contribution in [0.2, 0.25) is 0 Å². The number of fused-ring (bicyclic) bond motifs is 1. The molecule has 2 aromatic rings. The summed E-state index contributed by atoms with van der Waals surface area (Å²) < 4.78 is 15.8. The number of hydrogen-bond acceptors (Lipinski definition) is 6. The maximum atomic E-state index is 12.3. The Bertz CT molecular complexity index is 936. The van der Waals surface area contributed by atoms with Gasteiger partial charge >= 0.3 is 5.97 Å². The molecule has 2 aromatic carbocycles. The molecule has 8 nitrogen and oxygen atoms in total. The minimum absolute atomic E-state index is 0.0282. The molecule has 1 heterocycles. The van der Waals surface area contributed by atoms with E-state index in [9.17, 15) is 14.7 Å². The zero-order valence-corrected chi connectivity index (χ0v) is 14.3. The van der Waals surface area contributed by atoms with Gasteiger partial charge in [-0.3, -0.25) is 4.79 Å². The van der Waals surface area contributed by atoms with Gasteiger partial charge in [0.2, 0.25) is 5.75 Å². The van der Waals surface area contributed by atoms with Gasteiger partial charge in [0.1, 0.15) is 11.4 Å². The van der Waals surface area contributed by atoms with Crippen molar-refractivity contribution in [1.82, 2.24) is 0 Å². The molecule has 1 aliphatic rings. The number of carbonyl (C=O) groups is 2. The Morgan fingerprint density at radius 1 is 1.08 bits per heavy atom. The molecule has 0 spiro atoms. The molecular formula is C18H16N2O6. The van der Waals surface area contributed by atoms with Gasteiger partial charge in [-0.15, -0.1) is 0 Å². The minimum atomic E-state index is -1.24. The predicted octanol–water partition coefficient (Wildman–Crippen LogP) is 2.48. The smallest absolute Gasteiger partial charge is 0.338 e. The van der Waals surface area contributed by atoms with Crippen molar-refractivity contribution < 1.29 is 28.9 Å². The fraction of sp³-hybridized carbons (Fsp3) is 0.167. The normalized spacial score (nSPS) is 14.0. The molecule has 1 aliphatic heterocycles. The molecular weight excluding hydrogens is 340 g/mol. The van der Waals surface area contributed by atoms with Crippen LogP contribution in [0.3, 0.4) is 0 Å². The monoisotopic (exact) mass is 356 g/mol. The highest BCUT2D eigenvalue weighted by Crippen LogP contribution is 2.47. The average molecular weight is 356 g/mol. The third kappa shape index (κ3) is 2.71. The minimum Gasteiger partial charge on any atom is -0.493 e. The average Bonchev–Trinajstić information content (AvgIpc) is 2.96. The number of anilines is 1. The predicted molar refractivity (Wildman–Crippen MR) is 94.3 cm³/mol. The lowest BCUT2D eigenvalue weighted by atomic mass is 10.1. The topological polar surface area (TPSA) is 106 Å². The van der Waals surface area contributed by atoms with Crippen molar-refractivity contribution >= 4 is 29.0 Å². The molecule has 3 rings (SSSR count). The van der Waals surface area contributed by atoms with Crippen LogP contribution in [0, 0.1) is 0 Å². The molecule has 0 saturated heterocycles. The highest BCUT2D eigenvalue weighted by Gasteiger charge is 2.29. The van der Waals surface area contributed by atoms with Crippen molar-refractivity contribution in [2.24, 2.45) is 4.99 Å². The molecule has 2 N–H and O–H groups in total. The van der Waals surface area contributed by atoms with Crippen LogP contribution in [0.25, 0.3) is 0 Å². The van der Waals surface area contributed by atoms with Gasteiger partial charge in [-0.2, -0.15) is 0 Å². The first-order valence-electron chi connectivity index (χ1n) is 7.57. The summed E-state index contributed by atoms with van der Waals surface area (Å²) in [7, 11) is 4.14. The summed E-state index contributed by atoms with van der Waals surface area (Å²) in [6.45, 7) is 0. The second-order valence-corrected chi connectivity index (χ2v) is 5.31. The maximum Gasteiger partial charge on any atom is 0.338 e. The van der Waals surface area contributed by atoms with E-state index in [2.05, 4.69) is 10.3 Å². The molecule has 0 aliphatic carbocycles. The number of nitrogens with zero attached hydrogens (tertiary/aromatic N) is 1. The van der Waals surface area contributed by atoms with E-state index in [4.69, 9.17) is 14.2 Å². The summed E-state index contributed by atoms with van der Waals surface area (Å²) in [5.74, 6) is -1.24. The molecule has 1 amide bonds. The number of carboxylic acid groups (broad SMARTS) is 1. The molecule has 26 heavy (non-hydrogen) atoms. The van der Waals surface area contributed by atoms with Crippen LogP contribution in [0.5, 0.6) is 17.2 Å². The van der Waals surface area contributed by atoms with Gasteiger partial charge in [-0.25, -0.2) is 9.79 Å². The number of nitrogens with one attached hydrogen (secondary N) is 1. The highest BCUT2D eigenvalue weighted by molar-refractivity contribution is 6.54. The Kier molecular flexibility index (Phi) is 4.49. The van der Waals surface area contributed by atoms with E-state index in [-0.39, 0.29) is 34.2 Å². The summed E-state index contributed by atoms with van der Waals surface area (Å²) in [5, 5.41) is 12.3. The van der Waals surface area contributed by atoms with Crippen LogP contribution in [-0.4, -0.2) is 44.0 Å². The quantitative estimate of drug-likeness (QED) is 0.852. The second-order valence-electron chi connectivity index (χ2n) is 5.31. The lowest BCUT2D eigenvalue weighted by Gasteiger charge is -2.16. The van der Waals surface area contributed by atoms with Gasteiger partial charge in [0.15, 0.2) is 11.5 Å². The van der Waals surface area contributed by atoms with Crippen LogP contribution in [0.4, 0.5) is 11.4 Å². The number of carbonyl (C=O) groups excluding carboxylic acids is 1. The Labute approximate surface area is 149 Å². The Hall–Kier alpha value is -3.55. The number of aromatic carboxylic acids is 1.